The molecule has 134 valence electrons. The number of aromatic nitrogens is 1. The maximum absolute atomic E-state index is 10.4. The van der Waals surface area contributed by atoms with Crippen molar-refractivity contribution in [2.45, 2.75) is 71.1 Å². The van der Waals surface area contributed by atoms with Gasteiger partial charge >= 0.3 is 0 Å². The molecule has 0 aliphatic carbocycles. The Morgan fingerprint density at radius 2 is 1.92 bits per heavy atom. The second kappa shape index (κ2) is 7.75. The third-order valence-electron chi connectivity index (χ3n) is 5.39. The molecular formula is C20H33NO2Si. The molecule has 4 heteroatoms. The molecule has 3 nitrogen and oxygen atoms in total. The number of unbranched alkanes of at least 4 members (excludes halogenated alkanes) is 1. The first kappa shape index (κ1) is 19.1. The Bertz CT molecular complexity index is 655. The van der Waals surface area contributed by atoms with Gasteiger partial charge in [0.2, 0.25) is 0 Å². The smallest absolute Gasteiger partial charge is 0.188 e. The van der Waals surface area contributed by atoms with Gasteiger partial charge in [0.1, 0.15) is 5.75 Å². The summed E-state index contributed by atoms with van der Waals surface area (Å²) in [6.07, 6.45) is 6.53. The average Bonchev–Trinajstić information content (AvgIpc) is 2.90. The lowest BCUT2D eigenvalue weighted by atomic mass is 10.1. The Morgan fingerprint density at radius 3 is 2.58 bits per heavy atom. The van der Waals surface area contributed by atoms with E-state index in [1.165, 1.54) is 10.9 Å². The van der Waals surface area contributed by atoms with Gasteiger partial charge in [-0.1, -0.05) is 33.3 Å². The molecule has 1 aromatic heterocycles. The van der Waals surface area contributed by atoms with Crippen LogP contribution in [0.2, 0.25) is 18.1 Å². The molecule has 0 spiro atoms. The Balaban J connectivity index is 2.04. The highest BCUT2D eigenvalue weighted by atomic mass is 28.4. The molecule has 0 bridgehead atoms. The van der Waals surface area contributed by atoms with Crippen LogP contribution in [0.4, 0.5) is 0 Å². The van der Waals surface area contributed by atoms with Crippen LogP contribution >= 0.6 is 0 Å². The van der Waals surface area contributed by atoms with E-state index in [4.69, 9.17) is 4.74 Å². The van der Waals surface area contributed by atoms with Gasteiger partial charge in [-0.15, -0.1) is 0 Å². The van der Waals surface area contributed by atoms with Crippen LogP contribution in [0.5, 0.6) is 5.75 Å². The highest BCUT2D eigenvalue weighted by Gasteiger charge is 2.37. The molecule has 1 N–H and O–H groups in total. The summed E-state index contributed by atoms with van der Waals surface area (Å²) in [6.45, 7) is 12.4. The number of hydrogen-bond acceptors (Lipinski definition) is 2. The summed E-state index contributed by atoms with van der Waals surface area (Å²) in [7, 11) is -2.12. The zero-order valence-electron chi connectivity index (χ0n) is 15.9. The van der Waals surface area contributed by atoms with Gasteiger partial charge in [0.25, 0.3) is 0 Å². The number of benzene rings is 1. The van der Waals surface area contributed by atoms with Gasteiger partial charge in [0, 0.05) is 18.1 Å². The number of hydrogen-bond donors (Lipinski definition) is 1. The molecule has 0 saturated carbocycles. The predicted molar refractivity (Wildman–Crippen MR) is 105 cm³/mol. The summed E-state index contributed by atoms with van der Waals surface area (Å²) >= 11 is 0. The van der Waals surface area contributed by atoms with Crippen molar-refractivity contribution in [3.63, 3.8) is 0 Å². The van der Waals surface area contributed by atoms with Crippen molar-refractivity contribution in [1.82, 2.24) is 4.57 Å². The van der Waals surface area contributed by atoms with Gasteiger partial charge in [-0.3, -0.25) is 0 Å². The van der Waals surface area contributed by atoms with Crippen LogP contribution in [-0.2, 0) is 6.54 Å². The van der Waals surface area contributed by atoms with Gasteiger partial charge in [-0.25, -0.2) is 0 Å². The van der Waals surface area contributed by atoms with Crippen LogP contribution in [0.15, 0.2) is 30.5 Å². The Morgan fingerprint density at radius 1 is 1.17 bits per heavy atom. The molecule has 1 aromatic carbocycles. The standard InChI is InChI=1S/C20H33NO2Si/c1-6-7-16-23-19-11-8-10-18-17(19)12-15-21(18)14-9-13-20(2,3)24(4,5)22/h8,10-12,15,22H,6-7,9,13-14,16H2,1-5H3. The van der Waals surface area contributed by atoms with Crippen molar-refractivity contribution >= 4 is 19.2 Å². The Hall–Kier alpha value is -1.26. The van der Waals surface area contributed by atoms with E-state index in [1.54, 1.807) is 0 Å². The third-order valence-corrected chi connectivity index (χ3v) is 8.95. The first-order chi connectivity index (χ1) is 11.3. The van der Waals surface area contributed by atoms with Crippen LogP contribution in [0.25, 0.3) is 10.9 Å². The normalized spacial score (nSPS) is 12.8. The van der Waals surface area contributed by atoms with Crippen LogP contribution in [-0.4, -0.2) is 24.3 Å². The maximum atomic E-state index is 10.4. The molecule has 24 heavy (non-hydrogen) atoms. The minimum atomic E-state index is -2.12. The number of fused-ring (bicyclic) bond motifs is 1. The van der Waals surface area contributed by atoms with Crippen molar-refractivity contribution in [1.29, 1.82) is 0 Å². The number of nitrogens with zero attached hydrogens (tertiary/aromatic N) is 1. The minimum absolute atomic E-state index is 0.0460. The summed E-state index contributed by atoms with van der Waals surface area (Å²) in [4.78, 5) is 10.4. The van der Waals surface area contributed by atoms with E-state index in [2.05, 4.69) is 55.8 Å². The summed E-state index contributed by atoms with van der Waals surface area (Å²) in [5.41, 5.74) is 1.24. The number of aryl methyl sites for hydroxylation is 1. The molecule has 0 saturated heterocycles. The molecule has 0 atom stereocenters. The third kappa shape index (κ3) is 4.42. The van der Waals surface area contributed by atoms with Crippen LogP contribution < -0.4 is 4.74 Å². The van der Waals surface area contributed by atoms with Gasteiger partial charge in [-0.2, -0.15) is 0 Å². The summed E-state index contributed by atoms with van der Waals surface area (Å²) < 4.78 is 8.25. The predicted octanol–water partition coefficient (Wildman–Crippen LogP) is 5.58. The minimum Gasteiger partial charge on any atom is -0.493 e. The van der Waals surface area contributed by atoms with Crippen molar-refractivity contribution in [3.8, 4) is 5.75 Å². The summed E-state index contributed by atoms with van der Waals surface area (Å²) in [5.74, 6) is 0.990. The van der Waals surface area contributed by atoms with Crippen molar-refractivity contribution in [2.24, 2.45) is 0 Å². The maximum Gasteiger partial charge on any atom is 0.188 e. The van der Waals surface area contributed by atoms with Crippen molar-refractivity contribution < 1.29 is 9.53 Å². The second-order valence-electron chi connectivity index (χ2n) is 7.95. The van der Waals surface area contributed by atoms with Crippen molar-refractivity contribution in [2.75, 3.05) is 6.61 Å². The average molecular weight is 348 g/mol. The van der Waals surface area contributed by atoms with E-state index in [0.717, 1.165) is 44.6 Å². The van der Waals surface area contributed by atoms with E-state index in [-0.39, 0.29) is 5.04 Å². The van der Waals surface area contributed by atoms with Crippen LogP contribution in [0, 0.1) is 0 Å². The lowest BCUT2D eigenvalue weighted by molar-refractivity contribution is 0.313. The van der Waals surface area contributed by atoms with E-state index in [0.29, 0.717) is 0 Å². The van der Waals surface area contributed by atoms with Gasteiger partial charge in [0.15, 0.2) is 8.32 Å². The van der Waals surface area contributed by atoms with Gasteiger partial charge in [-0.05, 0) is 55.6 Å². The molecule has 0 fully saturated rings. The molecule has 0 aliphatic heterocycles. The molecule has 0 radical (unpaired) electrons. The fourth-order valence-corrected chi connectivity index (χ4v) is 3.63. The molecule has 2 aromatic rings. The highest BCUT2D eigenvalue weighted by Crippen LogP contribution is 2.40. The zero-order valence-corrected chi connectivity index (χ0v) is 16.9. The van der Waals surface area contributed by atoms with Crippen LogP contribution in [0.3, 0.4) is 0 Å². The molecule has 0 amide bonds. The largest absolute Gasteiger partial charge is 0.493 e. The van der Waals surface area contributed by atoms with Crippen molar-refractivity contribution in [3.05, 3.63) is 30.5 Å². The number of ether oxygens (including phenoxy) is 1. The fourth-order valence-electron chi connectivity index (χ4n) is 2.84. The molecule has 1 heterocycles. The van der Waals surface area contributed by atoms with E-state index >= 15 is 0 Å². The molecule has 0 unspecified atom stereocenters. The second-order valence-corrected chi connectivity index (χ2v) is 12.4. The monoisotopic (exact) mass is 347 g/mol. The van der Waals surface area contributed by atoms with Gasteiger partial charge in [0.05, 0.1) is 12.1 Å². The quantitative estimate of drug-likeness (QED) is 0.475. The fraction of sp³-hybridized carbons (Fsp3) is 0.600. The van der Waals surface area contributed by atoms with E-state index in [9.17, 15) is 4.80 Å². The SMILES string of the molecule is CCCCOc1cccc2c1ccn2CCCC(C)(C)[Si](C)(C)O. The Labute approximate surface area is 147 Å². The topological polar surface area (TPSA) is 34.4 Å². The lowest BCUT2D eigenvalue weighted by Crippen LogP contribution is -2.39. The highest BCUT2D eigenvalue weighted by molar-refractivity contribution is 6.72. The van der Waals surface area contributed by atoms with Crippen LogP contribution in [0.1, 0.15) is 46.5 Å². The first-order valence-electron chi connectivity index (χ1n) is 9.19. The first-order valence-corrected chi connectivity index (χ1v) is 12.1. The molecule has 2 rings (SSSR count). The van der Waals surface area contributed by atoms with Gasteiger partial charge < -0.3 is 14.1 Å². The zero-order chi connectivity index (χ0) is 17.8. The number of rotatable bonds is 9. The molecular weight excluding hydrogens is 314 g/mol. The Kier molecular flexibility index (Phi) is 6.15. The molecule has 0 aliphatic rings. The van der Waals surface area contributed by atoms with E-state index < -0.39 is 8.32 Å². The summed E-state index contributed by atoms with van der Waals surface area (Å²) in [6, 6.07) is 8.46. The summed E-state index contributed by atoms with van der Waals surface area (Å²) in [5, 5.41) is 1.24. The van der Waals surface area contributed by atoms with E-state index in [1.807, 2.05) is 13.1 Å². The lowest BCUT2D eigenvalue weighted by Gasteiger charge is -2.35.